The first-order valence-electron chi connectivity index (χ1n) is 8.57. The van der Waals surface area contributed by atoms with Gasteiger partial charge in [-0.1, -0.05) is 60.2 Å². The Morgan fingerprint density at radius 3 is 1.93 bits per heavy atom. The molecule has 3 rings (SSSR count). The summed E-state index contributed by atoms with van der Waals surface area (Å²) in [5.41, 5.74) is 2.15. The van der Waals surface area contributed by atoms with E-state index in [1.54, 1.807) is 48.5 Å². The summed E-state index contributed by atoms with van der Waals surface area (Å²) >= 11 is 0. The fourth-order valence-electron chi connectivity index (χ4n) is 2.95. The van der Waals surface area contributed by atoms with E-state index in [9.17, 15) is 14.4 Å². The normalized spacial score (nSPS) is 10.4. The molecule has 0 bridgehead atoms. The Labute approximate surface area is 162 Å². The molecule has 0 amide bonds. The fraction of sp³-hybridized carbons (Fsp3) is 0.136. The van der Waals surface area contributed by atoms with Crippen LogP contribution in [0.4, 0.5) is 0 Å². The van der Waals surface area contributed by atoms with E-state index < -0.39 is 17.7 Å². The number of aryl methyl sites for hydroxylation is 1. The Kier molecular flexibility index (Phi) is 5.40. The lowest BCUT2D eigenvalue weighted by Crippen LogP contribution is -2.14. The minimum Gasteiger partial charge on any atom is -0.465 e. The quantitative estimate of drug-likeness (QED) is 0.540. The summed E-state index contributed by atoms with van der Waals surface area (Å²) in [7, 11) is 2.41. The molecule has 6 nitrogen and oxygen atoms in total. The summed E-state index contributed by atoms with van der Waals surface area (Å²) < 4.78 is 9.72. The van der Waals surface area contributed by atoms with E-state index in [0.29, 0.717) is 16.8 Å². The molecule has 1 N–H and O–H groups in total. The van der Waals surface area contributed by atoms with E-state index >= 15 is 0 Å². The first kappa shape index (κ1) is 19.1. The van der Waals surface area contributed by atoms with E-state index in [2.05, 4.69) is 4.98 Å². The number of benzene rings is 2. The Balaban J connectivity index is 2.28. The van der Waals surface area contributed by atoms with Crippen LogP contribution in [0.2, 0.25) is 0 Å². The van der Waals surface area contributed by atoms with Crippen LogP contribution in [0.15, 0.2) is 54.6 Å². The SMILES string of the molecule is COC(=O)c1c(C(=O)c2ccc(C)cc2)[nH]c(-c2ccccc2)c1C(=O)OC. The van der Waals surface area contributed by atoms with Crippen LogP contribution in [-0.2, 0) is 9.47 Å². The van der Waals surface area contributed by atoms with Gasteiger partial charge in [-0.05, 0) is 12.5 Å². The molecule has 0 atom stereocenters. The van der Waals surface area contributed by atoms with E-state index in [4.69, 9.17) is 9.47 Å². The Bertz CT molecular complexity index is 1030. The van der Waals surface area contributed by atoms with Crippen molar-refractivity contribution < 1.29 is 23.9 Å². The minimum atomic E-state index is -0.797. The number of carbonyl (C=O) groups is 3. The molecule has 28 heavy (non-hydrogen) atoms. The topological polar surface area (TPSA) is 85.5 Å². The third-order valence-electron chi connectivity index (χ3n) is 4.38. The lowest BCUT2D eigenvalue weighted by Gasteiger charge is -2.06. The molecular formula is C22H19NO5. The number of hydrogen-bond acceptors (Lipinski definition) is 5. The highest BCUT2D eigenvalue weighted by atomic mass is 16.5. The molecule has 142 valence electrons. The molecule has 0 saturated heterocycles. The van der Waals surface area contributed by atoms with Crippen LogP contribution < -0.4 is 0 Å². The summed E-state index contributed by atoms with van der Waals surface area (Å²) in [4.78, 5) is 41.1. The smallest absolute Gasteiger partial charge is 0.341 e. The predicted molar refractivity (Wildman–Crippen MR) is 104 cm³/mol. The van der Waals surface area contributed by atoms with Crippen LogP contribution in [0, 0.1) is 6.92 Å². The molecule has 0 fully saturated rings. The van der Waals surface area contributed by atoms with Gasteiger partial charge >= 0.3 is 11.9 Å². The van der Waals surface area contributed by atoms with E-state index in [-0.39, 0.29) is 16.8 Å². The summed E-state index contributed by atoms with van der Waals surface area (Å²) in [6.07, 6.45) is 0. The van der Waals surface area contributed by atoms with Gasteiger partial charge in [-0.15, -0.1) is 0 Å². The third-order valence-corrected chi connectivity index (χ3v) is 4.38. The molecular weight excluding hydrogens is 358 g/mol. The number of carbonyl (C=O) groups excluding carboxylic acids is 3. The maximum absolute atomic E-state index is 13.1. The van der Waals surface area contributed by atoms with Crippen LogP contribution in [0.3, 0.4) is 0 Å². The number of ether oxygens (including phenoxy) is 2. The van der Waals surface area contributed by atoms with Crippen molar-refractivity contribution >= 4 is 17.7 Å². The number of aromatic nitrogens is 1. The molecule has 2 aromatic carbocycles. The van der Waals surface area contributed by atoms with Crippen molar-refractivity contribution in [2.45, 2.75) is 6.92 Å². The van der Waals surface area contributed by atoms with Gasteiger partial charge in [0, 0.05) is 5.56 Å². The second-order valence-corrected chi connectivity index (χ2v) is 6.17. The lowest BCUT2D eigenvalue weighted by atomic mass is 10.00. The largest absolute Gasteiger partial charge is 0.465 e. The van der Waals surface area contributed by atoms with Crippen LogP contribution in [0.25, 0.3) is 11.3 Å². The number of hydrogen-bond donors (Lipinski definition) is 1. The van der Waals surface area contributed by atoms with Crippen molar-refractivity contribution in [2.75, 3.05) is 14.2 Å². The molecule has 0 spiro atoms. The highest BCUT2D eigenvalue weighted by Gasteiger charge is 2.32. The van der Waals surface area contributed by atoms with Gasteiger partial charge in [0.2, 0.25) is 5.78 Å². The highest BCUT2D eigenvalue weighted by Crippen LogP contribution is 2.31. The first-order chi connectivity index (χ1) is 13.5. The molecule has 0 unspecified atom stereocenters. The fourth-order valence-corrected chi connectivity index (χ4v) is 2.95. The van der Waals surface area contributed by atoms with Gasteiger partial charge in [-0.3, -0.25) is 4.79 Å². The zero-order valence-corrected chi connectivity index (χ0v) is 15.7. The summed E-state index contributed by atoms with van der Waals surface area (Å²) in [5.74, 6) is -1.96. The molecule has 3 aromatic rings. The van der Waals surface area contributed by atoms with Crippen molar-refractivity contribution in [2.24, 2.45) is 0 Å². The van der Waals surface area contributed by atoms with Gasteiger partial charge < -0.3 is 14.5 Å². The predicted octanol–water partition coefficient (Wildman–Crippen LogP) is 3.79. The number of esters is 2. The zero-order chi connectivity index (χ0) is 20.3. The standard InChI is InChI=1S/C22H19NO5/c1-13-9-11-15(12-10-13)20(24)19-17(22(26)28-3)16(21(25)27-2)18(23-19)14-7-5-4-6-8-14/h4-12,23H,1-3H3. The number of methoxy groups -OCH3 is 2. The van der Waals surface area contributed by atoms with Crippen molar-refractivity contribution in [1.82, 2.24) is 4.98 Å². The second kappa shape index (κ2) is 7.92. The minimum absolute atomic E-state index is 0.0186. The van der Waals surface area contributed by atoms with Crippen molar-refractivity contribution in [3.63, 3.8) is 0 Å². The van der Waals surface area contributed by atoms with Gasteiger partial charge in [-0.2, -0.15) is 0 Å². The van der Waals surface area contributed by atoms with Gasteiger partial charge in [0.05, 0.1) is 19.9 Å². The molecule has 0 radical (unpaired) electrons. The average molecular weight is 377 g/mol. The molecule has 1 heterocycles. The van der Waals surface area contributed by atoms with Gasteiger partial charge in [0.15, 0.2) is 0 Å². The van der Waals surface area contributed by atoms with Crippen LogP contribution in [0.5, 0.6) is 0 Å². The number of ketones is 1. The number of nitrogens with one attached hydrogen (secondary N) is 1. The van der Waals surface area contributed by atoms with Crippen LogP contribution in [-0.4, -0.2) is 36.9 Å². The zero-order valence-electron chi connectivity index (χ0n) is 15.7. The number of rotatable bonds is 5. The Morgan fingerprint density at radius 1 is 0.786 bits per heavy atom. The van der Waals surface area contributed by atoms with Crippen molar-refractivity contribution in [3.05, 3.63) is 82.5 Å². The van der Waals surface area contributed by atoms with Crippen molar-refractivity contribution in [1.29, 1.82) is 0 Å². The average Bonchev–Trinajstić information content (AvgIpc) is 3.14. The van der Waals surface area contributed by atoms with Crippen LogP contribution in [0.1, 0.15) is 42.3 Å². The maximum atomic E-state index is 13.1. The summed E-state index contributed by atoms with van der Waals surface area (Å²) in [5, 5.41) is 0. The molecule has 6 heteroatoms. The van der Waals surface area contributed by atoms with Crippen molar-refractivity contribution in [3.8, 4) is 11.3 Å². The van der Waals surface area contributed by atoms with E-state index in [1.807, 2.05) is 13.0 Å². The molecule has 0 saturated carbocycles. The summed E-state index contributed by atoms with van der Waals surface area (Å²) in [6.45, 7) is 1.91. The monoisotopic (exact) mass is 377 g/mol. The van der Waals surface area contributed by atoms with Gasteiger partial charge in [0.25, 0.3) is 0 Å². The third kappa shape index (κ3) is 3.44. The molecule has 0 aliphatic rings. The number of H-pyrrole nitrogens is 1. The Morgan fingerprint density at radius 2 is 1.36 bits per heavy atom. The number of aromatic amines is 1. The highest BCUT2D eigenvalue weighted by molar-refractivity contribution is 6.19. The lowest BCUT2D eigenvalue weighted by molar-refractivity contribution is 0.0556. The van der Waals surface area contributed by atoms with E-state index in [0.717, 1.165) is 5.56 Å². The van der Waals surface area contributed by atoms with Gasteiger partial charge in [-0.25, -0.2) is 9.59 Å². The van der Waals surface area contributed by atoms with Gasteiger partial charge in [0.1, 0.15) is 16.8 Å². The first-order valence-corrected chi connectivity index (χ1v) is 8.57. The maximum Gasteiger partial charge on any atom is 0.341 e. The Hall–Kier alpha value is -3.67. The molecule has 0 aliphatic carbocycles. The summed E-state index contributed by atoms with van der Waals surface area (Å²) in [6, 6.07) is 15.9. The van der Waals surface area contributed by atoms with Crippen LogP contribution >= 0.6 is 0 Å². The molecule has 1 aromatic heterocycles. The van der Waals surface area contributed by atoms with E-state index in [1.165, 1.54) is 14.2 Å². The molecule has 0 aliphatic heterocycles. The second-order valence-electron chi connectivity index (χ2n) is 6.17.